The molecule has 0 aromatic rings. The SMILES string of the molecule is CCOC1CCCN(CC(C)(C)CNC(C)C)C1. The fourth-order valence-corrected chi connectivity index (χ4v) is 2.67. The van der Waals surface area contributed by atoms with Gasteiger partial charge in [-0.1, -0.05) is 27.7 Å². The van der Waals surface area contributed by atoms with Gasteiger partial charge < -0.3 is 15.0 Å². The molecule has 0 spiro atoms. The first-order valence-corrected chi connectivity index (χ1v) is 7.50. The number of nitrogens with zero attached hydrogens (tertiary/aromatic N) is 1. The minimum atomic E-state index is 0.332. The average Bonchev–Trinajstić information content (AvgIpc) is 2.27. The summed E-state index contributed by atoms with van der Waals surface area (Å²) in [5.41, 5.74) is 0.332. The van der Waals surface area contributed by atoms with Gasteiger partial charge >= 0.3 is 0 Å². The molecule has 1 heterocycles. The van der Waals surface area contributed by atoms with Gasteiger partial charge in [-0.3, -0.25) is 0 Å². The molecule has 1 fully saturated rings. The molecular formula is C15H32N2O. The predicted molar refractivity (Wildman–Crippen MR) is 78.0 cm³/mol. The molecule has 1 rings (SSSR count). The molecule has 1 aliphatic rings. The third-order valence-corrected chi connectivity index (χ3v) is 3.51. The van der Waals surface area contributed by atoms with Crippen LogP contribution in [0.5, 0.6) is 0 Å². The Bertz CT molecular complexity index is 227. The maximum absolute atomic E-state index is 5.77. The van der Waals surface area contributed by atoms with Gasteiger partial charge in [-0.2, -0.15) is 0 Å². The zero-order valence-corrected chi connectivity index (χ0v) is 13.0. The lowest BCUT2D eigenvalue weighted by molar-refractivity contribution is -0.00373. The summed E-state index contributed by atoms with van der Waals surface area (Å²) in [6, 6.07) is 0.571. The van der Waals surface area contributed by atoms with Crippen LogP contribution in [0.25, 0.3) is 0 Å². The molecule has 0 aromatic heterocycles. The van der Waals surface area contributed by atoms with Crippen LogP contribution >= 0.6 is 0 Å². The van der Waals surface area contributed by atoms with Crippen LogP contribution < -0.4 is 5.32 Å². The van der Waals surface area contributed by atoms with Crippen LogP contribution in [0.2, 0.25) is 0 Å². The molecule has 3 nitrogen and oxygen atoms in total. The first kappa shape index (κ1) is 15.9. The lowest BCUT2D eigenvalue weighted by atomic mass is 9.91. The van der Waals surface area contributed by atoms with Gasteiger partial charge in [0.25, 0.3) is 0 Å². The van der Waals surface area contributed by atoms with Crippen LogP contribution in [0.3, 0.4) is 0 Å². The molecule has 1 N–H and O–H groups in total. The Morgan fingerprint density at radius 2 is 2.11 bits per heavy atom. The van der Waals surface area contributed by atoms with E-state index in [4.69, 9.17) is 4.74 Å². The normalized spacial score (nSPS) is 22.7. The molecule has 18 heavy (non-hydrogen) atoms. The van der Waals surface area contributed by atoms with Crippen molar-refractivity contribution in [1.82, 2.24) is 10.2 Å². The average molecular weight is 256 g/mol. The molecule has 0 aromatic carbocycles. The molecule has 0 amide bonds. The van der Waals surface area contributed by atoms with Gasteiger partial charge in [-0.15, -0.1) is 0 Å². The number of nitrogens with one attached hydrogen (secondary N) is 1. The fourth-order valence-electron chi connectivity index (χ4n) is 2.67. The maximum atomic E-state index is 5.77. The quantitative estimate of drug-likeness (QED) is 0.757. The van der Waals surface area contributed by atoms with Crippen molar-refractivity contribution in [2.75, 3.05) is 32.8 Å². The van der Waals surface area contributed by atoms with E-state index in [-0.39, 0.29) is 0 Å². The third kappa shape index (κ3) is 6.17. The standard InChI is InChI=1S/C15H32N2O/c1-6-18-14-8-7-9-17(10-14)12-15(4,5)11-16-13(2)3/h13-14,16H,6-12H2,1-5H3. The lowest BCUT2D eigenvalue weighted by Crippen LogP contribution is -2.47. The number of rotatable bonds is 7. The van der Waals surface area contributed by atoms with Gasteiger partial charge in [0.15, 0.2) is 0 Å². The Morgan fingerprint density at radius 3 is 2.72 bits per heavy atom. The molecule has 1 saturated heterocycles. The highest BCUT2D eigenvalue weighted by Crippen LogP contribution is 2.20. The van der Waals surface area contributed by atoms with Gasteiger partial charge in [0.2, 0.25) is 0 Å². The van der Waals surface area contributed by atoms with E-state index in [1.54, 1.807) is 0 Å². The van der Waals surface area contributed by atoms with Crippen molar-refractivity contribution < 1.29 is 4.74 Å². The van der Waals surface area contributed by atoms with E-state index < -0.39 is 0 Å². The third-order valence-electron chi connectivity index (χ3n) is 3.51. The Hall–Kier alpha value is -0.120. The van der Waals surface area contributed by atoms with Crippen LogP contribution in [0.15, 0.2) is 0 Å². The van der Waals surface area contributed by atoms with Crippen LogP contribution in [0, 0.1) is 5.41 Å². The lowest BCUT2D eigenvalue weighted by Gasteiger charge is -2.38. The summed E-state index contributed by atoms with van der Waals surface area (Å²) in [5, 5.41) is 3.55. The van der Waals surface area contributed by atoms with Gasteiger partial charge in [-0.05, 0) is 31.7 Å². The second-order valence-corrected chi connectivity index (χ2v) is 6.65. The van der Waals surface area contributed by atoms with E-state index in [1.165, 1.54) is 19.4 Å². The molecule has 0 radical (unpaired) electrons. The fraction of sp³-hybridized carbons (Fsp3) is 1.00. The van der Waals surface area contributed by atoms with Gasteiger partial charge in [0, 0.05) is 32.3 Å². The minimum Gasteiger partial charge on any atom is -0.377 e. The van der Waals surface area contributed by atoms with E-state index in [9.17, 15) is 0 Å². The number of hydrogen-bond donors (Lipinski definition) is 1. The first-order chi connectivity index (χ1) is 8.43. The van der Waals surface area contributed by atoms with Gasteiger partial charge in [0.05, 0.1) is 6.10 Å². The molecule has 0 saturated carbocycles. The molecule has 0 aliphatic carbocycles. The van der Waals surface area contributed by atoms with Crippen LogP contribution in [-0.4, -0.2) is 49.8 Å². The van der Waals surface area contributed by atoms with Crippen molar-refractivity contribution >= 4 is 0 Å². The van der Waals surface area contributed by atoms with Crippen molar-refractivity contribution in [2.24, 2.45) is 5.41 Å². The summed E-state index contributed by atoms with van der Waals surface area (Å²) in [6.45, 7) is 16.7. The first-order valence-electron chi connectivity index (χ1n) is 7.50. The summed E-state index contributed by atoms with van der Waals surface area (Å²) < 4.78 is 5.77. The topological polar surface area (TPSA) is 24.5 Å². The molecule has 0 bridgehead atoms. The summed E-state index contributed by atoms with van der Waals surface area (Å²) in [6.07, 6.45) is 2.96. The Morgan fingerprint density at radius 1 is 1.39 bits per heavy atom. The molecule has 1 unspecified atom stereocenters. The highest BCUT2D eigenvalue weighted by molar-refractivity contribution is 4.81. The largest absolute Gasteiger partial charge is 0.377 e. The number of piperidine rings is 1. The minimum absolute atomic E-state index is 0.332. The zero-order chi connectivity index (χ0) is 13.6. The van der Waals surface area contributed by atoms with Gasteiger partial charge in [-0.25, -0.2) is 0 Å². The smallest absolute Gasteiger partial charge is 0.0702 e. The van der Waals surface area contributed by atoms with Crippen LogP contribution in [0.1, 0.15) is 47.5 Å². The summed E-state index contributed by atoms with van der Waals surface area (Å²) in [7, 11) is 0. The van der Waals surface area contributed by atoms with Crippen molar-refractivity contribution in [2.45, 2.75) is 59.6 Å². The van der Waals surface area contributed by atoms with E-state index >= 15 is 0 Å². The Labute approximate surface area is 113 Å². The van der Waals surface area contributed by atoms with Crippen LogP contribution in [-0.2, 0) is 4.74 Å². The predicted octanol–water partition coefficient (Wildman–Crippen LogP) is 2.51. The summed E-state index contributed by atoms with van der Waals surface area (Å²) in [4.78, 5) is 2.58. The van der Waals surface area contributed by atoms with Crippen molar-refractivity contribution in [1.29, 1.82) is 0 Å². The molecule has 3 heteroatoms. The van der Waals surface area contributed by atoms with Crippen molar-refractivity contribution in [3.63, 3.8) is 0 Å². The second-order valence-electron chi connectivity index (χ2n) is 6.65. The summed E-state index contributed by atoms with van der Waals surface area (Å²) >= 11 is 0. The Balaban J connectivity index is 2.35. The van der Waals surface area contributed by atoms with Crippen molar-refractivity contribution in [3.05, 3.63) is 0 Å². The van der Waals surface area contributed by atoms with E-state index in [0.717, 1.165) is 26.2 Å². The van der Waals surface area contributed by atoms with E-state index in [2.05, 4.69) is 44.8 Å². The van der Waals surface area contributed by atoms with Gasteiger partial charge in [0.1, 0.15) is 0 Å². The number of hydrogen-bond acceptors (Lipinski definition) is 3. The molecular weight excluding hydrogens is 224 g/mol. The number of ether oxygens (including phenoxy) is 1. The van der Waals surface area contributed by atoms with Crippen molar-refractivity contribution in [3.8, 4) is 0 Å². The maximum Gasteiger partial charge on any atom is 0.0702 e. The Kier molecular flexibility index (Phi) is 6.61. The number of likely N-dealkylation sites (tertiary alicyclic amines) is 1. The zero-order valence-electron chi connectivity index (χ0n) is 13.0. The molecule has 1 atom stereocenters. The highest BCUT2D eigenvalue weighted by Gasteiger charge is 2.26. The summed E-state index contributed by atoms with van der Waals surface area (Å²) in [5.74, 6) is 0. The van der Waals surface area contributed by atoms with Crippen LogP contribution in [0.4, 0.5) is 0 Å². The van der Waals surface area contributed by atoms with E-state index in [0.29, 0.717) is 17.6 Å². The second kappa shape index (κ2) is 7.46. The monoisotopic (exact) mass is 256 g/mol. The van der Waals surface area contributed by atoms with E-state index in [1.807, 2.05) is 0 Å². The highest BCUT2D eigenvalue weighted by atomic mass is 16.5. The molecule has 108 valence electrons. The molecule has 1 aliphatic heterocycles.